The summed E-state index contributed by atoms with van der Waals surface area (Å²) in [6, 6.07) is 16.5. The molecule has 1 unspecified atom stereocenters. The first kappa shape index (κ1) is 27.2. The number of likely N-dealkylation sites (tertiary alicyclic amines) is 1. The Kier molecular flexibility index (Phi) is 8.50. The molecule has 204 valence electrons. The molecule has 3 heterocycles. The molecule has 2 aromatic heterocycles. The van der Waals surface area contributed by atoms with Crippen LogP contribution >= 0.6 is 0 Å². The Hall–Kier alpha value is -3.40. The zero-order valence-electron chi connectivity index (χ0n) is 23.1. The Bertz CT molecular complexity index is 1400. The SMILES string of the molecule is CCCc1c(Oc2ccc(C3CCN(C)CC3)cc2)nc(N[S+]([O-])c2cnn(C)c2)nc1-c1ccccc1C. The van der Waals surface area contributed by atoms with Gasteiger partial charge in [0.05, 0.1) is 11.9 Å². The van der Waals surface area contributed by atoms with E-state index < -0.39 is 11.4 Å². The zero-order chi connectivity index (χ0) is 27.4. The molecule has 1 aliphatic heterocycles. The van der Waals surface area contributed by atoms with Gasteiger partial charge in [-0.1, -0.05) is 49.7 Å². The minimum absolute atomic E-state index is 0.244. The Morgan fingerprint density at radius 1 is 1.05 bits per heavy atom. The standard InChI is InChI=1S/C30H36N6O2S/c1-5-8-27-28(26-10-7-6-9-21(26)2)32-30(34-39(37)25-19-31-36(4)20-25)33-29(27)38-24-13-11-22(12-14-24)23-15-17-35(3)18-16-23/h6-7,9-14,19-20,23H,5,8,15-18H2,1-4H3,(H,32,33,34). The van der Waals surface area contributed by atoms with Crippen LogP contribution in [0.25, 0.3) is 11.3 Å². The summed E-state index contributed by atoms with van der Waals surface area (Å²) < 4.78 is 24.1. The number of anilines is 1. The number of aromatic nitrogens is 4. The van der Waals surface area contributed by atoms with Crippen LogP contribution in [-0.4, -0.2) is 49.3 Å². The Labute approximate surface area is 233 Å². The Morgan fingerprint density at radius 3 is 2.46 bits per heavy atom. The number of hydrogen-bond donors (Lipinski definition) is 1. The van der Waals surface area contributed by atoms with Gasteiger partial charge in [0, 0.05) is 18.2 Å². The average molecular weight is 545 g/mol. The predicted octanol–water partition coefficient (Wildman–Crippen LogP) is 5.87. The third-order valence-corrected chi connectivity index (χ3v) is 8.24. The third-order valence-electron chi connectivity index (χ3n) is 7.23. The van der Waals surface area contributed by atoms with Crippen molar-refractivity contribution in [1.29, 1.82) is 0 Å². The van der Waals surface area contributed by atoms with E-state index in [9.17, 15) is 4.55 Å². The van der Waals surface area contributed by atoms with Crippen LogP contribution in [0.2, 0.25) is 0 Å². The highest BCUT2D eigenvalue weighted by molar-refractivity contribution is 7.92. The fourth-order valence-corrected chi connectivity index (χ4v) is 5.79. The van der Waals surface area contributed by atoms with E-state index in [0.29, 0.717) is 16.7 Å². The maximum absolute atomic E-state index is 13.1. The summed E-state index contributed by atoms with van der Waals surface area (Å²) in [4.78, 5) is 12.5. The first-order chi connectivity index (χ1) is 18.9. The lowest BCUT2D eigenvalue weighted by Gasteiger charge is -2.29. The highest BCUT2D eigenvalue weighted by Crippen LogP contribution is 2.36. The summed E-state index contributed by atoms with van der Waals surface area (Å²) in [6.45, 7) is 6.45. The van der Waals surface area contributed by atoms with Crippen LogP contribution in [0.5, 0.6) is 11.6 Å². The lowest BCUT2D eigenvalue weighted by molar-refractivity contribution is 0.255. The second-order valence-electron chi connectivity index (χ2n) is 10.2. The summed E-state index contributed by atoms with van der Waals surface area (Å²) in [5.74, 6) is 2.02. The van der Waals surface area contributed by atoms with Crippen molar-refractivity contribution < 1.29 is 9.29 Å². The zero-order valence-corrected chi connectivity index (χ0v) is 23.9. The van der Waals surface area contributed by atoms with Gasteiger partial charge < -0.3 is 14.2 Å². The van der Waals surface area contributed by atoms with E-state index in [1.165, 1.54) is 18.4 Å². The van der Waals surface area contributed by atoms with Gasteiger partial charge in [-0.15, -0.1) is 0 Å². The largest absolute Gasteiger partial charge is 0.588 e. The summed E-state index contributed by atoms with van der Waals surface area (Å²) >= 11 is -1.57. The van der Waals surface area contributed by atoms with Crippen LogP contribution in [0, 0.1) is 6.92 Å². The van der Waals surface area contributed by atoms with Gasteiger partial charge in [0.1, 0.15) is 23.3 Å². The van der Waals surface area contributed by atoms with Crippen molar-refractivity contribution in [1.82, 2.24) is 24.6 Å². The van der Waals surface area contributed by atoms with Crippen LogP contribution < -0.4 is 9.46 Å². The van der Waals surface area contributed by atoms with E-state index in [2.05, 4.69) is 59.9 Å². The van der Waals surface area contributed by atoms with Crippen molar-refractivity contribution in [2.75, 3.05) is 24.9 Å². The van der Waals surface area contributed by atoms with Crippen molar-refractivity contribution >= 4 is 17.3 Å². The number of benzene rings is 2. The van der Waals surface area contributed by atoms with Crippen LogP contribution in [0.15, 0.2) is 65.8 Å². The maximum atomic E-state index is 13.1. The monoisotopic (exact) mass is 544 g/mol. The van der Waals surface area contributed by atoms with Gasteiger partial charge in [0.25, 0.3) is 5.95 Å². The molecule has 1 N–H and O–H groups in total. The molecular formula is C30H36N6O2S. The molecule has 0 bridgehead atoms. The van der Waals surface area contributed by atoms with E-state index >= 15 is 0 Å². The van der Waals surface area contributed by atoms with Gasteiger partial charge in [-0.3, -0.25) is 4.68 Å². The van der Waals surface area contributed by atoms with Gasteiger partial charge in [-0.05, 0) is 75.5 Å². The van der Waals surface area contributed by atoms with E-state index in [0.717, 1.165) is 54.1 Å². The summed E-state index contributed by atoms with van der Waals surface area (Å²) in [5, 5.41) is 4.13. The van der Waals surface area contributed by atoms with E-state index in [1.807, 2.05) is 24.3 Å². The van der Waals surface area contributed by atoms with Gasteiger partial charge in [-0.25, -0.2) is 4.98 Å². The molecule has 1 fully saturated rings. The number of aryl methyl sites for hydroxylation is 2. The molecule has 8 nitrogen and oxygen atoms in total. The van der Waals surface area contributed by atoms with Crippen molar-refractivity contribution in [3.8, 4) is 22.9 Å². The first-order valence-electron chi connectivity index (χ1n) is 13.5. The maximum Gasteiger partial charge on any atom is 0.269 e. The highest BCUT2D eigenvalue weighted by atomic mass is 32.2. The minimum Gasteiger partial charge on any atom is -0.588 e. The number of nitrogens with zero attached hydrogens (tertiary/aromatic N) is 5. The second-order valence-corrected chi connectivity index (χ2v) is 11.4. The van der Waals surface area contributed by atoms with Crippen molar-refractivity contribution in [3.63, 3.8) is 0 Å². The highest BCUT2D eigenvalue weighted by Gasteiger charge is 2.23. The van der Waals surface area contributed by atoms with Gasteiger partial charge in [0.15, 0.2) is 0 Å². The summed E-state index contributed by atoms with van der Waals surface area (Å²) in [7, 11) is 3.97. The minimum atomic E-state index is -1.57. The molecule has 4 aromatic rings. The van der Waals surface area contributed by atoms with E-state index in [4.69, 9.17) is 14.7 Å². The predicted molar refractivity (Wildman–Crippen MR) is 155 cm³/mol. The van der Waals surface area contributed by atoms with Crippen LogP contribution in [0.4, 0.5) is 5.95 Å². The topological polar surface area (TPSA) is 91.2 Å². The normalized spacial score (nSPS) is 15.3. The first-order valence-corrected chi connectivity index (χ1v) is 14.7. The number of hydrogen-bond acceptors (Lipinski definition) is 7. The fourth-order valence-electron chi connectivity index (χ4n) is 5.03. The molecular weight excluding hydrogens is 508 g/mol. The van der Waals surface area contributed by atoms with Gasteiger partial charge in [-0.2, -0.15) is 14.8 Å². The number of ether oxygens (including phenoxy) is 1. The molecule has 5 rings (SSSR count). The fraction of sp³-hybridized carbons (Fsp3) is 0.367. The number of piperidine rings is 1. The average Bonchev–Trinajstić information content (AvgIpc) is 3.38. The molecule has 1 aliphatic rings. The molecule has 0 spiro atoms. The van der Waals surface area contributed by atoms with Crippen molar-refractivity contribution in [2.24, 2.45) is 7.05 Å². The molecule has 0 amide bonds. The third kappa shape index (κ3) is 6.43. The molecule has 0 saturated carbocycles. The lowest BCUT2D eigenvalue weighted by atomic mass is 9.90. The van der Waals surface area contributed by atoms with Gasteiger partial charge in [0.2, 0.25) is 10.8 Å². The molecule has 1 atom stereocenters. The molecule has 2 aromatic carbocycles. The van der Waals surface area contributed by atoms with Crippen molar-refractivity contribution in [2.45, 2.75) is 50.3 Å². The molecule has 39 heavy (non-hydrogen) atoms. The second kappa shape index (κ2) is 12.2. The van der Waals surface area contributed by atoms with E-state index in [1.54, 1.807) is 24.1 Å². The molecule has 9 heteroatoms. The molecule has 0 radical (unpaired) electrons. The van der Waals surface area contributed by atoms with Crippen LogP contribution in [0.1, 0.15) is 48.8 Å². The smallest absolute Gasteiger partial charge is 0.269 e. The Balaban J connectivity index is 1.49. The quantitative estimate of drug-likeness (QED) is 0.263. The van der Waals surface area contributed by atoms with Gasteiger partial charge >= 0.3 is 0 Å². The molecule has 1 saturated heterocycles. The number of nitrogens with one attached hydrogen (secondary N) is 1. The van der Waals surface area contributed by atoms with E-state index in [-0.39, 0.29) is 5.95 Å². The van der Waals surface area contributed by atoms with Crippen LogP contribution in [-0.2, 0) is 24.8 Å². The summed E-state index contributed by atoms with van der Waals surface area (Å²) in [6.07, 6.45) is 7.28. The summed E-state index contributed by atoms with van der Waals surface area (Å²) in [5.41, 5.74) is 5.17. The van der Waals surface area contributed by atoms with Crippen LogP contribution in [0.3, 0.4) is 0 Å². The lowest BCUT2D eigenvalue weighted by Crippen LogP contribution is -2.29. The molecule has 0 aliphatic carbocycles. The Morgan fingerprint density at radius 2 is 1.79 bits per heavy atom. The number of rotatable bonds is 9. The van der Waals surface area contributed by atoms with Crippen molar-refractivity contribution in [3.05, 3.63) is 77.6 Å².